The Morgan fingerprint density at radius 1 is 0.986 bits per heavy atom. The topological polar surface area (TPSA) is 211 Å². The van der Waals surface area contributed by atoms with Gasteiger partial charge in [-0.1, -0.05) is 62.7 Å². The molecule has 0 saturated carbocycles. The number of likely N-dealkylation sites (tertiary alicyclic amines) is 1. The molecule has 20 heteroatoms. The van der Waals surface area contributed by atoms with Crippen LogP contribution in [0.4, 0.5) is 21.6 Å². The monoisotopic (exact) mass is 1010 g/mol. The first-order chi connectivity index (χ1) is 34.0. The third kappa shape index (κ3) is 13.7. The zero-order valence-corrected chi connectivity index (χ0v) is 42.0. The van der Waals surface area contributed by atoms with Gasteiger partial charge in [0.1, 0.15) is 35.8 Å². The van der Waals surface area contributed by atoms with Crippen LogP contribution in [0.15, 0.2) is 78.6 Å². The van der Waals surface area contributed by atoms with Crippen molar-refractivity contribution in [2.24, 2.45) is 5.41 Å². The number of halogens is 2. The summed E-state index contributed by atoms with van der Waals surface area (Å²) in [6.45, 7) is 10.5. The van der Waals surface area contributed by atoms with Gasteiger partial charge in [0.2, 0.25) is 29.5 Å². The van der Waals surface area contributed by atoms with E-state index in [0.717, 1.165) is 21.7 Å². The maximum Gasteiger partial charge on any atom is 0.248 e. The van der Waals surface area contributed by atoms with Crippen LogP contribution in [0, 0.1) is 18.2 Å². The van der Waals surface area contributed by atoms with Crippen molar-refractivity contribution in [1.29, 1.82) is 0 Å². The number of aryl methyl sites for hydroxylation is 1. The largest absolute Gasteiger partial charge is 0.494 e. The SMILES string of the molecule is COc1cc2ncnc(Nc3ccc(F)c(Cl)c3)c2cc1NC(=O)/C=C/CN1CCN(C(=O)CCCCC(=O)N[C@H](C(=O)N2C[C@H](O)C[C@H]2C(=O)NCc2ccc(-c3scnc3C)cc2)C(C)(C)C)CC1. The molecule has 0 aliphatic carbocycles. The molecule has 376 valence electrons. The van der Waals surface area contributed by atoms with Crippen LogP contribution in [-0.2, 0) is 30.5 Å². The molecule has 0 radical (unpaired) electrons. The molecule has 2 saturated heterocycles. The highest BCUT2D eigenvalue weighted by Crippen LogP contribution is 2.34. The molecule has 5 N–H and O–H groups in total. The van der Waals surface area contributed by atoms with E-state index in [2.05, 4.69) is 41.1 Å². The van der Waals surface area contributed by atoms with Crippen molar-refractivity contribution in [3.8, 4) is 16.2 Å². The standard InChI is InChI=1S/C51H60ClFN10O7S/c1-31-46(71-30-57-31)33-14-12-32(13-15-33)27-54-49(68)41-24-35(64)28-63(41)50(69)47(51(2,3)4)60-44(66)9-6-7-11-45(67)62-21-19-61(20-22-62)18-8-10-43(65)59-40-25-36-39(26-42(40)70-5)55-29-56-48(36)58-34-16-17-38(53)37(52)23-34/h8,10,12-17,23,25-26,29-30,35,41,47,64H,6-7,9,11,18-22,24,27-28H2,1-5H3,(H,54,68)(H,59,65)(H,60,66)(H,55,56,58)/b10-8+/t35-,41+,47-/m1/s1. The number of amides is 5. The molecule has 7 rings (SSSR count). The van der Waals surface area contributed by atoms with Crippen LogP contribution in [0.25, 0.3) is 21.3 Å². The Labute approximate surface area is 421 Å². The predicted molar refractivity (Wildman–Crippen MR) is 272 cm³/mol. The second-order valence-corrected chi connectivity index (χ2v) is 20.0. The van der Waals surface area contributed by atoms with Gasteiger partial charge in [-0.25, -0.2) is 19.3 Å². The average Bonchev–Trinajstić information content (AvgIpc) is 3.97. The number of thiazole rings is 1. The summed E-state index contributed by atoms with van der Waals surface area (Å²) < 4.78 is 19.3. The number of benzene rings is 3. The number of anilines is 3. The fourth-order valence-electron chi connectivity index (χ4n) is 8.56. The highest BCUT2D eigenvalue weighted by molar-refractivity contribution is 7.13. The Balaban J connectivity index is 0.820. The molecule has 3 aromatic carbocycles. The van der Waals surface area contributed by atoms with Crippen molar-refractivity contribution in [3.63, 3.8) is 0 Å². The van der Waals surface area contributed by atoms with Crippen molar-refractivity contribution < 1.29 is 38.2 Å². The fraction of sp³-hybridized carbons (Fsp3) is 0.412. The summed E-state index contributed by atoms with van der Waals surface area (Å²) in [4.78, 5) is 86.4. The van der Waals surface area contributed by atoms with Crippen LogP contribution in [0.1, 0.15) is 64.1 Å². The molecule has 3 atom stereocenters. The Morgan fingerprint density at radius 2 is 1.73 bits per heavy atom. The van der Waals surface area contributed by atoms with Gasteiger partial charge in [-0.15, -0.1) is 11.3 Å². The number of ether oxygens (including phenoxy) is 1. The zero-order valence-electron chi connectivity index (χ0n) is 40.5. The Bertz CT molecular complexity index is 2760. The van der Waals surface area contributed by atoms with Gasteiger partial charge >= 0.3 is 0 Å². The number of carbonyl (C=O) groups excluding carboxylic acids is 5. The summed E-state index contributed by atoms with van der Waals surface area (Å²) >= 11 is 7.53. The third-order valence-corrected chi connectivity index (χ3v) is 13.8. The second kappa shape index (κ2) is 23.6. The lowest BCUT2D eigenvalue weighted by Gasteiger charge is -2.35. The molecular formula is C51H60ClFN10O7S. The van der Waals surface area contributed by atoms with Crippen LogP contribution < -0.4 is 26.0 Å². The number of hydrogen-bond donors (Lipinski definition) is 5. The molecular weight excluding hydrogens is 951 g/mol. The van der Waals surface area contributed by atoms with E-state index in [9.17, 15) is 33.5 Å². The van der Waals surface area contributed by atoms with Gasteiger partial charge in [0, 0.05) is 88.3 Å². The lowest BCUT2D eigenvalue weighted by atomic mass is 9.85. The number of carbonyl (C=O) groups is 5. The van der Waals surface area contributed by atoms with Gasteiger partial charge < -0.3 is 40.9 Å². The molecule has 0 unspecified atom stereocenters. The van der Waals surface area contributed by atoms with Gasteiger partial charge in [-0.2, -0.15) is 0 Å². The van der Waals surface area contributed by atoms with Gasteiger partial charge in [0.05, 0.1) is 45.5 Å². The van der Waals surface area contributed by atoms with Crippen LogP contribution in [0.3, 0.4) is 0 Å². The number of unbranched alkanes of at least 4 members (excludes halogenated alkanes) is 1. The summed E-state index contributed by atoms with van der Waals surface area (Å²) in [5.74, 6) is -1.25. The first-order valence-electron chi connectivity index (χ1n) is 23.5. The number of fused-ring (bicyclic) bond motifs is 1. The molecule has 5 amide bonds. The molecule has 2 fully saturated rings. The van der Waals surface area contributed by atoms with Crippen LogP contribution in [0.2, 0.25) is 5.02 Å². The lowest BCUT2D eigenvalue weighted by molar-refractivity contribution is -0.144. The van der Waals surface area contributed by atoms with E-state index < -0.39 is 35.3 Å². The van der Waals surface area contributed by atoms with Crippen molar-refractivity contribution in [3.05, 3.63) is 101 Å². The van der Waals surface area contributed by atoms with E-state index in [4.69, 9.17) is 16.3 Å². The smallest absolute Gasteiger partial charge is 0.248 e. The Kier molecular flexibility index (Phi) is 17.4. The molecule has 4 heterocycles. The molecule has 2 aromatic heterocycles. The molecule has 17 nitrogen and oxygen atoms in total. The minimum atomic E-state index is -0.947. The number of methoxy groups -OCH3 is 1. The number of β-amino-alcohol motifs (C(OH)–C–C–N with tert-alkyl or cyclic N) is 1. The highest BCUT2D eigenvalue weighted by atomic mass is 35.5. The Hall–Kier alpha value is -6.54. The van der Waals surface area contributed by atoms with Crippen LogP contribution in [-0.4, -0.2) is 129 Å². The molecule has 2 aliphatic heterocycles. The first kappa shape index (κ1) is 52.3. The van der Waals surface area contributed by atoms with E-state index in [1.807, 2.05) is 56.9 Å². The molecule has 71 heavy (non-hydrogen) atoms. The van der Waals surface area contributed by atoms with Crippen molar-refractivity contribution in [2.45, 2.75) is 84.5 Å². The van der Waals surface area contributed by atoms with Gasteiger partial charge in [0.25, 0.3) is 0 Å². The fourth-order valence-corrected chi connectivity index (χ4v) is 9.55. The summed E-state index contributed by atoms with van der Waals surface area (Å²) in [7, 11) is 1.49. The number of nitrogens with zero attached hydrogens (tertiary/aromatic N) is 6. The number of aliphatic hydroxyl groups excluding tert-OH is 1. The second-order valence-electron chi connectivity index (χ2n) is 18.8. The van der Waals surface area contributed by atoms with Crippen LogP contribution >= 0.6 is 22.9 Å². The minimum absolute atomic E-state index is 0.00258. The first-order valence-corrected chi connectivity index (χ1v) is 24.8. The van der Waals surface area contributed by atoms with E-state index in [1.165, 1.54) is 42.6 Å². The number of rotatable bonds is 18. The minimum Gasteiger partial charge on any atom is -0.494 e. The quantitative estimate of drug-likeness (QED) is 0.0464. The number of piperazine rings is 1. The number of hydrogen-bond acceptors (Lipinski definition) is 13. The Morgan fingerprint density at radius 3 is 2.42 bits per heavy atom. The van der Waals surface area contributed by atoms with Crippen molar-refractivity contribution in [1.82, 2.24) is 40.3 Å². The number of aromatic nitrogens is 3. The summed E-state index contributed by atoms with van der Waals surface area (Å²) in [6.07, 6.45) is 5.10. The molecule has 5 aromatic rings. The van der Waals surface area contributed by atoms with Crippen LogP contribution in [0.5, 0.6) is 5.75 Å². The summed E-state index contributed by atoms with van der Waals surface area (Å²) in [5.41, 5.74) is 5.46. The molecule has 0 bridgehead atoms. The van der Waals surface area contributed by atoms with Crippen molar-refractivity contribution in [2.75, 3.05) is 57.0 Å². The van der Waals surface area contributed by atoms with E-state index in [-0.39, 0.29) is 61.0 Å². The van der Waals surface area contributed by atoms with Gasteiger partial charge in [0.15, 0.2) is 0 Å². The lowest BCUT2D eigenvalue weighted by Crippen LogP contribution is -2.57. The molecule has 2 aliphatic rings. The summed E-state index contributed by atoms with van der Waals surface area (Å²) in [5, 5.41) is 23.0. The highest BCUT2D eigenvalue weighted by Gasteiger charge is 2.44. The van der Waals surface area contributed by atoms with Gasteiger partial charge in [-0.3, -0.25) is 28.9 Å². The summed E-state index contributed by atoms with van der Waals surface area (Å²) in [6, 6.07) is 13.6. The number of nitrogens with one attached hydrogen (secondary N) is 4. The molecule has 0 spiro atoms. The van der Waals surface area contributed by atoms with E-state index in [0.29, 0.717) is 79.4 Å². The van der Waals surface area contributed by atoms with Gasteiger partial charge in [-0.05, 0) is 60.6 Å². The maximum atomic E-state index is 14.1. The van der Waals surface area contributed by atoms with Crippen molar-refractivity contribution >= 4 is 80.6 Å². The number of aliphatic hydroxyl groups is 1. The normalized spacial score (nSPS) is 16.8. The average molecular weight is 1010 g/mol. The predicted octanol–water partition coefficient (Wildman–Crippen LogP) is 6.61. The third-order valence-electron chi connectivity index (χ3n) is 12.5. The van der Waals surface area contributed by atoms with E-state index in [1.54, 1.807) is 35.1 Å². The van der Waals surface area contributed by atoms with E-state index >= 15 is 0 Å². The zero-order chi connectivity index (χ0) is 50.8. The maximum absolute atomic E-state index is 14.1.